The minimum Gasteiger partial charge on any atom is -0.0776 e. The average Bonchev–Trinajstić information content (AvgIpc) is 3.75. The van der Waals surface area contributed by atoms with Crippen molar-refractivity contribution in [1.29, 1.82) is 0 Å². The van der Waals surface area contributed by atoms with Gasteiger partial charge in [0.1, 0.15) is 0 Å². The fraction of sp³-hybridized carbons (Fsp3) is 1.00. The zero-order valence-corrected chi connectivity index (χ0v) is 32.0. The fourth-order valence-electron chi connectivity index (χ4n) is 12.6. The number of fused-ring (bicyclic) bond motifs is 6. The molecule has 266 valence electrons. The van der Waals surface area contributed by atoms with Crippen molar-refractivity contribution >= 4 is 0 Å². The van der Waals surface area contributed by atoms with E-state index in [1.807, 2.05) is 69.2 Å². The molecule has 0 saturated heterocycles. The lowest BCUT2D eigenvalue weighted by Crippen LogP contribution is -3.00. The van der Waals surface area contributed by atoms with E-state index in [1.54, 1.807) is 109 Å². The van der Waals surface area contributed by atoms with Crippen LogP contribution in [0.5, 0.6) is 0 Å². The first-order valence-electron chi connectivity index (χ1n) is 21.8. The van der Waals surface area contributed by atoms with Crippen molar-refractivity contribution < 1.29 is 0 Å². The third-order valence-corrected chi connectivity index (χ3v) is 15.2. The molecule has 0 heteroatoms. The molecule has 45 heavy (non-hydrogen) atoms. The smallest absolute Gasteiger partial charge is 0.0312 e. The summed E-state index contributed by atoms with van der Waals surface area (Å²) in [5.74, 6) is 20.1. The standard InChI is InChI=1S/C8H8.C8H14.C7H12.C6H10.C5H8.5C2H6.CH4/c1-2-5-3(1)7-4(1)6(2)8(5)7;1-2-8-5-3-7(1)4-6-8;1-2-6-4-7(3-1)5-6;1-2-6-3-5(1)4-6;1-4-2-5(1)3-4;5*1-2;/h1-8H;7-8H,1-6H2;6-7H,1-5H2;5-6H,1-4H2;4-5H,1-3H2;5*1-2H3;1H4. The SMILES string of the molecule is C.C12C3C4C1C1C2C3C41.C1C2CC1C2.C1CC2CC(C1)C2.C1CC2CC1C2.C1CC2CCC1CC2.CC.CC.CC.CC.CC. The predicted molar refractivity (Wildman–Crippen MR) is 202 cm³/mol. The third-order valence-electron chi connectivity index (χ3n) is 15.2. The average molecular weight is 627 g/mol. The summed E-state index contributed by atoms with van der Waals surface area (Å²) in [4.78, 5) is 0. The van der Waals surface area contributed by atoms with Gasteiger partial charge in [0.2, 0.25) is 0 Å². The van der Waals surface area contributed by atoms with Gasteiger partial charge in [0.05, 0.1) is 0 Å². The molecule has 0 spiro atoms. The van der Waals surface area contributed by atoms with Gasteiger partial charge in [0, 0.05) is 0 Å². The van der Waals surface area contributed by atoms with Crippen molar-refractivity contribution in [2.75, 3.05) is 0 Å². The summed E-state index contributed by atoms with van der Waals surface area (Å²) in [6, 6.07) is 0. The first-order chi connectivity index (χ1) is 21.8. The highest BCUT2D eigenvalue weighted by Crippen LogP contribution is 3.00. The summed E-state index contributed by atoms with van der Waals surface area (Å²) in [6.07, 6.45) is 28.2. The van der Waals surface area contributed by atoms with Crippen molar-refractivity contribution in [2.24, 2.45) is 94.7 Å². The van der Waals surface area contributed by atoms with Crippen LogP contribution >= 0.6 is 0 Å². The Balaban J connectivity index is 0.000000144. The normalized spacial score (nSPS) is 48.7. The zero-order valence-electron chi connectivity index (χ0n) is 32.0. The lowest BCUT2D eigenvalue weighted by Gasteiger charge is -3.03. The Kier molecular flexibility index (Phi) is 16.4. The summed E-state index contributed by atoms with van der Waals surface area (Å²) in [5, 5.41) is 0. The van der Waals surface area contributed by atoms with Crippen LogP contribution in [0.3, 0.4) is 0 Å². The van der Waals surface area contributed by atoms with E-state index in [0.717, 1.165) is 11.8 Å². The minimum atomic E-state index is 0. The van der Waals surface area contributed by atoms with Crippen LogP contribution in [-0.2, 0) is 0 Å². The predicted octanol–water partition coefficient (Wildman–Crippen LogP) is 14.8. The molecule has 18 saturated carbocycles. The molecule has 0 aromatic rings. The van der Waals surface area contributed by atoms with E-state index in [2.05, 4.69) is 0 Å². The van der Waals surface area contributed by atoms with Gasteiger partial charge in [-0.3, -0.25) is 0 Å². The Hall–Kier alpha value is 0. The second kappa shape index (κ2) is 18.7. The van der Waals surface area contributed by atoms with Crippen LogP contribution in [0.4, 0.5) is 0 Å². The van der Waals surface area contributed by atoms with E-state index in [9.17, 15) is 0 Å². The first-order valence-corrected chi connectivity index (χ1v) is 21.8. The van der Waals surface area contributed by atoms with E-state index in [1.165, 1.54) is 89.3 Å². The van der Waals surface area contributed by atoms with Crippen LogP contribution < -0.4 is 0 Å². The molecule has 0 aromatic carbocycles. The Labute approximate surface area is 286 Å². The number of rotatable bonds is 0. The van der Waals surface area contributed by atoms with Gasteiger partial charge in [-0.05, 0) is 140 Å². The molecule has 0 atom stereocenters. The molecule has 0 amide bonds. The molecule has 18 aliphatic carbocycles. The van der Waals surface area contributed by atoms with E-state index < -0.39 is 0 Å². The van der Waals surface area contributed by atoms with E-state index in [-0.39, 0.29) is 7.43 Å². The summed E-state index contributed by atoms with van der Waals surface area (Å²) in [6.45, 7) is 20.0. The second-order valence-electron chi connectivity index (χ2n) is 16.4. The molecule has 0 unspecified atom stereocenters. The highest BCUT2D eigenvalue weighted by atomic mass is 15.0. The van der Waals surface area contributed by atoms with Gasteiger partial charge < -0.3 is 0 Å². The molecule has 0 aromatic heterocycles. The van der Waals surface area contributed by atoms with E-state index in [0.29, 0.717) is 0 Å². The summed E-state index contributed by atoms with van der Waals surface area (Å²) in [7, 11) is 0. The monoisotopic (exact) mass is 627 g/mol. The summed E-state index contributed by atoms with van der Waals surface area (Å²) in [5.41, 5.74) is 0. The largest absolute Gasteiger partial charge is 0.0776 e. The molecule has 0 radical (unpaired) electrons. The lowest BCUT2D eigenvalue weighted by atomic mass is 9.01. The molecule has 0 aliphatic heterocycles. The second-order valence-corrected chi connectivity index (χ2v) is 16.4. The molecule has 0 heterocycles. The molecule has 8 bridgehead atoms. The van der Waals surface area contributed by atoms with Crippen molar-refractivity contribution in [3.05, 3.63) is 0 Å². The number of hydrogen-bond donors (Lipinski definition) is 0. The van der Waals surface area contributed by atoms with Crippen LogP contribution in [-0.4, -0.2) is 0 Å². The van der Waals surface area contributed by atoms with E-state index >= 15 is 0 Å². The van der Waals surface area contributed by atoms with Gasteiger partial charge in [-0.25, -0.2) is 0 Å². The van der Waals surface area contributed by atoms with Crippen LogP contribution in [0, 0.1) is 94.7 Å². The maximum absolute atomic E-state index is 2.00. The molecule has 18 aliphatic rings. The van der Waals surface area contributed by atoms with Crippen molar-refractivity contribution in [2.45, 2.75) is 192 Å². The maximum atomic E-state index is 2.00. The molecule has 18 fully saturated rings. The quantitative estimate of drug-likeness (QED) is 0.251. The maximum Gasteiger partial charge on any atom is -0.0312 e. The molecular formula is C45H86. The van der Waals surface area contributed by atoms with Gasteiger partial charge in [0.25, 0.3) is 0 Å². The Morgan fingerprint density at radius 1 is 0.222 bits per heavy atom. The van der Waals surface area contributed by atoms with E-state index in [4.69, 9.17) is 0 Å². The van der Waals surface area contributed by atoms with Crippen LogP contribution in [0.25, 0.3) is 0 Å². The Morgan fingerprint density at radius 3 is 0.444 bits per heavy atom. The van der Waals surface area contributed by atoms with Gasteiger partial charge >= 0.3 is 0 Å². The van der Waals surface area contributed by atoms with Crippen LogP contribution in [0.1, 0.15) is 192 Å². The fourth-order valence-corrected chi connectivity index (χ4v) is 12.6. The third kappa shape index (κ3) is 7.46. The lowest BCUT2D eigenvalue weighted by molar-refractivity contribution is -0.565. The molecule has 0 N–H and O–H groups in total. The minimum absolute atomic E-state index is 0. The first kappa shape index (κ1) is 39.4. The van der Waals surface area contributed by atoms with Gasteiger partial charge in [-0.15, -0.1) is 0 Å². The van der Waals surface area contributed by atoms with Gasteiger partial charge in [-0.1, -0.05) is 147 Å². The summed E-state index contributed by atoms with van der Waals surface area (Å²) < 4.78 is 0. The summed E-state index contributed by atoms with van der Waals surface area (Å²) >= 11 is 0. The van der Waals surface area contributed by atoms with Crippen LogP contribution in [0.2, 0.25) is 0 Å². The molecular weight excluding hydrogens is 540 g/mol. The van der Waals surface area contributed by atoms with Crippen LogP contribution in [0.15, 0.2) is 0 Å². The Bertz CT molecular complexity index is 598. The topological polar surface area (TPSA) is 0 Å². The Morgan fingerprint density at radius 2 is 0.378 bits per heavy atom. The van der Waals surface area contributed by atoms with Gasteiger partial charge in [0.15, 0.2) is 0 Å². The highest BCUT2D eigenvalue weighted by Gasteiger charge is 2.97. The molecule has 0 nitrogen and oxygen atoms in total. The van der Waals surface area contributed by atoms with Crippen molar-refractivity contribution in [3.8, 4) is 0 Å². The van der Waals surface area contributed by atoms with Gasteiger partial charge in [-0.2, -0.15) is 0 Å². The number of hydrogen-bond acceptors (Lipinski definition) is 0. The molecule has 18 rings (SSSR count). The van der Waals surface area contributed by atoms with Crippen molar-refractivity contribution in [3.63, 3.8) is 0 Å². The van der Waals surface area contributed by atoms with Crippen molar-refractivity contribution in [1.82, 2.24) is 0 Å². The zero-order chi connectivity index (χ0) is 32.0. The highest BCUT2D eigenvalue weighted by molar-refractivity contribution is 5.44.